The number of rotatable bonds is 14. The molecule has 0 fully saturated rings. The smallest absolute Gasteiger partial charge is 0.478 e. The molecule has 0 bridgehead atoms. The zero-order chi connectivity index (χ0) is 17.3. The van der Waals surface area contributed by atoms with E-state index in [1.165, 1.54) is 44.9 Å². The van der Waals surface area contributed by atoms with E-state index in [0.717, 1.165) is 12.8 Å². The van der Waals surface area contributed by atoms with Crippen LogP contribution in [-0.4, -0.2) is 18.9 Å². The fourth-order valence-electron chi connectivity index (χ4n) is 2.11. The van der Waals surface area contributed by atoms with Gasteiger partial charge < -0.3 is 14.3 Å². The molecule has 0 aliphatic heterocycles. The highest BCUT2D eigenvalue weighted by molar-refractivity contribution is 5.59. The Morgan fingerprint density at radius 2 is 1.61 bits per heavy atom. The summed E-state index contributed by atoms with van der Waals surface area (Å²) in [7, 11) is 0. The predicted molar refractivity (Wildman–Crippen MR) is 92.8 cm³/mol. The van der Waals surface area contributed by atoms with Crippen molar-refractivity contribution in [3.8, 4) is 0 Å². The third-order valence-corrected chi connectivity index (χ3v) is 3.25. The van der Waals surface area contributed by atoms with E-state index in [-0.39, 0.29) is 6.10 Å². The molecule has 1 N–H and O–H groups in total. The average molecular weight is 329 g/mol. The Labute approximate surface area is 141 Å². The number of carbonyl (C=O) groups excluding carboxylic acids is 1. The molecule has 0 heterocycles. The molecule has 0 saturated carbocycles. The Morgan fingerprint density at radius 3 is 2.17 bits per heavy atom. The van der Waals surface area contributed by atoms with E-state index in [1.54, 1.807) is 13.8 Å². The van der Waals surface area contributed by atoms with Gasteiger partial charge in [0.1, 0.15) is 0 Å². The molecule has 136 valence electrons. The molecule has 23 heavy (non-hydrogen) atoms. The van der Waals surface area contributed by atoms with Crippen LogP contribution in [0, 0.1) is 0 Å². The van der Waals surface area contributed by atoms with Gasteiger partial charge in [-0.1, -0.05) is 51.9 Å². The topological polar surface area (TPSA) is 56.8 Å². The van der Waals surface area contributed by atoms with Gasteiger partial charge in [-0.2, -0.15) is 5.48 Å². The summed E-state index contributed by atoms with van der Waals surface area (Å²) < 4.78 is 10.3. The molecular formula is C18H35NO4. The number of carbonyl (C=O) groups is 1. The van der Waals surface area contributed by atoms with Crippen LogP contribution in [0.3, 0.4) is 0 Å². The molecule has 0 aliphatic rings. The summed E-state index contributed by atoms with van der Waals surface area (Å²) >= 11 is 0. The third-order valence-electron chi connectivity index (χ3n) is 3.25. The number of ether oxygens (including phenoxy) is 2. The first kappa shape index (κ1) is 21.6. The normalized spacial score (nSPS) is 11.4. The largest absolute Gasteiger partial charge is 0.533 e. The third kappa shape index (κ3) is 15.3. The van der Waals surface area contributed by atoms with Crippen LogP contribution >= 0.6 is 0 Å². The van der Waals surface area contributed by atoms with Gasteiger partial charge in [0.15, 0.2) is 0 Å². The SMILES string of the molecule is CCCCCCCCCCC=C(NOC(=O)OC(C)C)OCC. The van der Waals surface area contributed by atoms with Gasteiger partial charge in [-0.15, -0.1) is 0 Å². The minimum atomic E-state index is -0.752. The van der Waals surface area contributed by atoms with E-state index < -0.39 is 6.16 Å². The van der Waals surface area contributed by atoms with Crippen molar-refractivity contribution in [3.05, 3.63) is 12.0 Å². The standard InChI is InChI=1S/C18H35NO4/c1-5-7-8-9-10-11-12-13-14-15-17(21-6-2)19-23-18(20)22-16(3)4/h15-16,19H,5-14H2,1-4H3. The Kier molecular flexibility index (Phi) is 14.6. The van der Waals surface area contributed by atoms with Crippen molar-refractivity contribution in [2.24, 2.45) is 0 Å². The second-order valence-electron chi connectivity index (χ2n) is 5.89. The van der Waals surface area contributed by atoms with Gasteiger partial charge in [0.25, 0.3) is 0 Å². The van der Waals surface area contributed by atoms with Crippen LogP contribution in [-0.2, 0) is 14.3 Å². The van der Waals surface area contributed by atoms with Crippen molar-refractivity contribution in [1.82, 2.24) is 5.48 Å². The molecule has 0 unspecified atom stereocenters. The van der Waals surface area contributed by atoms with Crippen molar-refractivity contribution in [1.29, 1.82) is 0 Å². The summed E-state index contributed by atoms with van der Waals surface area (Å²) in [6.45, 7) is 8.17. The molecule has 0 radical (unpaired) electrons. The molecule has 0 aliphatic carbocycles. The first-order valence-electron chi connectivity index (χ1n) is 9.06. The Bertz CT molecular complexity index is 316. The van der Waals surface area contributed by atoms with Crippen LogP contribution in [0.1, 0.15) is 85.5 Å². The predicted octanol–water partition coefficient (Wildman–Crippen LogP) is 5.46. The molecule has 0 saturated heterocycles. The van der Waals surface area contributed by atoms with Crippen molar-refractivity contribution in [2.75, 3.05) is 6.61 Å². The number of unbranched alkanes of at least 4 members (excludes halogenated alkanes) is 8. The van der Waals surface area contributed by atoms with Gasteiger partial charge in [0.2, 0.25) is 5.88 Å². The van der Waals surface area contributed by atoms with Gasteiger partial charge in [-0.3, -0.25) is 0 Å². The Morgan fingerprint density at radius 1 is 1.00 bits per heavy atom. The number of hydrogen-bond donors (Lipinski definition) is 1. The molecule has 0 aromatic heterocycles. The highest BCUT2D eigenvalue weighted by Crippen LogP contribution is 2.10. The number of hydroxylamine groups is 1. The Hall–Kier alpha value is -1.39. The van der Waals surface area contributed by atoms with Gasteiger partial charge in [-0.25, -0.2) is 4.79 Å². The van der Waals surface area contributed by atoms with Gasteiger partial charge >= 0.3 is 6.16 Å². The van der Waals surface area contributed by atoms with E-state index in [2.05, 4.69) is 12.4 Å². The maximum absolute atomic E-state index is 11.3. The van der Waals surface area contributed by atoms with Crippen LogP contribution in [0.5, 0.6) is 0 Å². The van der Waals surface area contributed by atoms with E-state index >= 15 is 0 Å². The lowest BCUT2D eigenvalue weighted by atomic mass is 10.1. The maximum Gasteiger partial charge on any atom is 0.533 e. The van der Waals surface area contributed by atoms with Crippen LogP contribution < -0.4 is 5.48 Å². The lowest BCUT2D eigenvalue weighted by Gasteiger charge is -2.12. The van der Waals surface area contributed by atoms with E-state index in [1.807, 2.05) is 13.0 Å². The molecule has 0 aromatic carbocycles. The first-order valence-corrected chi connectivity index (χ1v) is 9.06. The minimum Gasteiger partial charge on any atom is -0.478 e. The molecule has 0 atom stereocenters. The van der Waals surface area contributed by atoms with Crippen LogP contribution in [0.15, 0.2) is 12.0 Å². The van der Waals surface area contributed by atoms with E-state index in [4.69, 9.17) is 14.3 Å². The summed E-state index contributed by atoms with van der Waals surface area (Å²) in [5, 5.41) is 0. The highest BCUT2D eigenvalue weighted by Gasteiger charge is 2.08. The Balaban J connectivity index is 3.78. The number of hydrogen-bond acceptors (Lipinski definition) is 5. The average Bonchev–Trinajstić information content (AvgIpc) is 2.50. The fraction of sp³-hybridized carbons (Fsp3) is 0.833. The monoisotopic (exact) mass is 329 g/mol. The quantitative estimate of drug-likeness (QED) is 0.198. The van der Waals surface area contributed by atoms with Crippen molar-refractivity contribution >= 4 is 6.16 Å². The first-order chi connectivity index (χ1) is 11.1. The van der Waals surface area contributed by atoms with Crippen LogP contribution in [0.25, 0.3) is 0 Å². The molecule has 0 aromatic rings. The molecule has 0 amide bonds. The number of nitrogens with one attached hydrogen (secondary N) is 1. The zero-order valence-electron chi connectivity index (χ0n) is 15.4. The molecule has 0 rings (SSSR count). The number of allylic oxidation sites excluding steroid dienone is 1. The van der Waals surface area contributed by atoms with Crippen molar-refractivity contribution in [2.45, 2.75) is 91.6 Å². The fourth-order valence-corrected chi connectivity index (χ4v) is 2.11. The molecule has 5 nitrogen and oxygen atoms in total. The van der Waals surface area contributed by atoms with Crippen molar-refractivity contribution < 1.29 is 19.1 Å². The molecule has 5 heteroatoms. The van der Waals surface area contributed by atoms with Crippen LogP contribution in [0.2, 0.25) is 0 Å². The van der Waals surface area contributed by atoms with Gasteiger partial charge in [0, 0.05) is 0 Å². The molecular weight excluding hydrogens is 294 g/mol. The van der Waals surface area contributed by atoms with Crippen LogP contribution in [0.4, 0.5) is 4.79 Å². The summed E-state index contributed by atoms with van der Waals surface area (Å²) in [5.74, 6) is 0.469. The second-order valence-corrected chi connectivity index (χ2v) is 5.89. The summed E-state index contributed by atoms with van der Waals surface area (Å²) in [6.07, 6.45) is 12.2. The highest BCUT2D eigenvalue weighted by atomic mass is 16.8. The van der Waals surface area contributed by atoms with E-state index in [0.29, 0.717) is 12.5 Å². The summed E-state index contributed by atoms with van der Waals surface area (Å²) in [4.78, 5) is 16.1. The lowest BCUT2D eigenvalue weighted by Crippen LogP contribution is -2.23. The zero-order valence-corrected chi connectivity index (χ0v) is 15.4. The summed E-state index contributed by atoms with van der Waals surface area (Å²) in [6, 6.07) is 0. The minimum absolute atomic E-state index is 0.207. The van der Waals surface area contributed by atoms with E-state index in [9.17, 15) is 4.79 Å². The van der Waals surface area contributed by atoms with Crippen molar-refractivity contribution in [3.63, 3.8) is 0 Å². The maximum atomic E-state index is 11.3. The van der Waals surface area contributed by atoms with Gasteiger partial charge in [0.05, 0.1) is 12.7 Å². The molecule has 0 spiro atoms. The lowest BCUT2D eigenvalue weighted by molar-refractivity contribution is -0.00921. The summed E-state index contributed by atoms with van der Waals surface area (Å²) in [5.41, 5.74) is 2.52. The van der Waals surface area contributed by atoms with Gasteiger partial charge in [-0.05, 0) is 39.7 Å². The second kappa shape index (κ2) is 15.5.